The van der Waals surface area contributed by atoms with E-state index in [0.717, 1.165) is 0 Å². The number of hydrogen-bond acceptors (Lipinski definition) is 7. The van der Waals surface area contributed by atoms with Crippen molar-refractivity contribution in [1.29, 1.82) is 0 Å². The standard InChI is InChI=1S/C14H22N2O8/c1-5-22-12(20)9-8(23-9)10(17)15-6-7(11(18)19)16-13(21)24-14(2,3)4/h7-9H,5-6H2,1-4H3,(H,15,17)(H,16,21)(H,18,19)/t7-,8?,9?/m0/s1. The van der Waals surface area contributed by atoms with Gasteiger partial charge in [0.1, 0.15) is 11.6 Å². The van der Waals surface area contributed by atoms with Gasteiger partial charge < -0.3 is 30.0 Å². The first-order valence-electron chi connectivity index (χ1n) is 7.37. The van der Waals surface area contributed by atoms with Gasteiger partial charge in [-0.2, -0.15) is 0 Å². The summed E-state index contributed by atoms with van der Waals surface area (Å²) in [7, 11) is 0. The lowest BCUT2D eigenvalue weighted by Gasteiger charge is -2.22. The van der Waals surface area contributed by atoms with Gasteiger partial charge in [-0.25, -0.2) is 14.4 Å². The lowest BCUT2D eigenvalue weighted by Crippen LogP contribution is -2.50. The Morgan fingerprint density at radius 3 is 2.33 bits per heavy atom. The Balaban J connectivity index is 2.44. The Kier molecular flexibility index (Phi) is 6.52. The van der Waals surface area contributed by atoms with Crippen LogP contribution in [0, 0.1) is 0 Å². The molecule has 0 spiro atoms. The molecule has 10 heteroatoms. The zero-order chi connectivity index (χ0) is 18.5. The molecule has 3 atom stereocenters. The zero-order valence-corrected chi connectivity index (χ0v) is 14.0. The third-order valence-corrected chi connectivity index (χ3v) is 2.74. The van der Waals surface area contributed by atoms with Crippen molar-refractivity contribution >= 4 is 23.9 Å². The van der Waals surface area contributed by atoms with Gasteiger partial charge in [-0.05, 0) is 27.7 Å². The van der Waals surface area contributed by atoms with Crippen molar-refractivity contribution in [3.05, 3.63) is 0 Å². The van der Waals surface area contributed by atoms with Crippen molar-refractivity contribution in [3.63, 3.8) is 0 Å². The summed E-state index contributed by atoms with van der Waals surface area (Å²) in [5.74, 6) is -2.66. The molecule has 136 valence electrons. The van der Waals surface area contributed by atoms with E-state index in [1.54, 1.807) is 27.7 Å². The maximum Gasteiger partial charge on any atom is 0.408 e. The maximum absolute atomic E-state index is 11.8. The molecule has 1 rings (SSSR count). The van der Waals surface area contributed by atoms with Crippen LogP contribution in [0.4, 0.5) is 4.79 Å². The number of alkyl carbamates (subject to hydrolysis) is 1. The molecule has 0 radical (unpaired) electrons. The Bertz CT molecular complexity index is 513. The monoisotopic (exact) mass is 346 g/mol. The van der Waals surface area contributed by atoms with E-state index in [9.17, 15) is 19.2 Å². The van der Waals surface area contributed by atoms with E-state index in [0.29, 0.717) is 0 Å². The molecule has 24 heavy (non-hydrogen) atoms. The highest BCUT2D eigenvalue weighted by atomic mass is 16.6. The van der Waals surface area contributed by atoms with Crippen molar-refractivity contribution in [2.45, 2.75) is 51.5 Å². The summed E-state index contributed by atoms with van der Waals surface area (Å²) >= 11 is 0. The van der Waals surface area contributed by atoms with Crippen molar-refractivity contribution in [2.24, 2.45) is 0 Å². The van der Waals surface area contributed by atoms with Crippen molar-refractivity contribution in [1.82, 2.24) is 10.6 Å². The summed E-state index contributed by atoms with van der Waals surface area (Å²) in [5, 5.41) is 13.5. The number of epoxide rings is 1. The van der Waals surface area contributed by atoms with Crippen LogP contribution < -0.4 is 10.6 Å². The normalized spacial score (nSPS) is 20.5. The average Bonchev–Trinajstić information content (AvgIpc) is 3.21. The number of amides is 2. The summed E-state index contributed by atoms with van der Waals surface area (Å²) in [4.78, 5) is 45.8. The number of rotatable bonds is 7. The van der Waals surface area contributed by atoms with Gasteiger partial charge in [0.25, 0.3) is 5.91 Å². The van der Waals surface area contributed by atoms with Gasteiger partial charge >= 0.3 is 18.0 Å². The first-order chi connectivity index (χ1) is 11.0. The minimum atomic E-state index is -1.39. The number of carbonyl (C=O) groups is 4. The highest BCUT2D eigenvalue weighted by molar-refractivity contribution is 5.93. The fourth-order valence-corrected chi connectivity index (χ4v) is 1.67. The number of ether oxygens (including phenoxy) is 3. The number of carboxylic acids is 1. The van der Waals surface area contributed by atoms with Gasteiger partial charge in [-0.1, -0.05) is 0 Å². The summed E-state index contributed by atoms with van der Waals surface area (Å²) in [5.41, 5.74) is -0.787. The van der Waals surface area contributed by atoms with Crippen LogP contribution in [0.5, 0.6) is 0 Å². The molecular formula is C14H22N2O8. The minimum Gasteiger partial charge on any atom is -0.480 e. The fourth-order valence-electron chi connectivity index (χ4n) is 1.67. The topological polar surface area (TPSA) is 144 Å². The van der Waals surface area contributed by atoms with Crippen LogP contribution >= 0.6 is 0 Å². The largest absolute Gasteiger partial charge is 0.480 e. The minimum absolute atomic E-state index is 0.161. The van der Waals surface area contributed by atoms with Gasteiger partial charge in [0.05, 0.1) is 6.61 Å². The number of nitrogens with one attached hydrogen (secondary N) is 2. The molecule has 0 bridgehead atoms. The first-order valence-corrected chi connectivity index (χ1v) is 7.37. The molecule has 0 aliphatic carbocycles. The molecule has 10 nitrogen and oxygen atoms in total. The predicted octanol–water partition coefficient (Wildman–Crippen LogP) is -0.589. The molecule has 1 heterocycles. The molecule has 1 saturated heterocycles. The van der Waals surface area contributed by atoms with Gasteiger partial charge in [0, 0.05) is 6.54 Å². The van der Waals surface area contributed by atoms with Crippen LogP contribution in [0.25, 0.3) is 0 Å². The van der Waals surface area contributed by atoms with Crippen molar-refractivity contribution in [2.75, 3.05) is 13.2 Å². The molecule has 0 aromatic carbocycles. The quantitative estimate of drug-likeness (QED) is 0.410. The Morgan fingerprint density at radius 1 is 1.21 bits per heavy atom. The van der Waals surface area contributed by atoms with Crippen LogP contribution in [0.15, 0.2) is 0 Å². The molecule has 1 aliphatic heterocycles. The third kappa shape index (κ3) is 6.41. The van der Waals surface area contributed by atoms with Crippen LogP contribution in [-0.4, -0.2) is 66.0 Å². The molecule has 2 amide bonds. The number of hydrogen-bond donors (Lipinski definition) is 3. The van der Waals surface area contributed by atoms with Gasteiger partial charge in [-0.15, -0.1) is 0 Å². The van der Waals surface area contributed by atoms with E-state index in [1.165, 1.54) is 0 Å². The van der Waals surface area contributed by atoms with Crippen molar-refractivity contribution < 1.29 is 38.5 Å². The van der Waals surface area contributed by atoms with Crippen LogP contribution in [0.2, 0.25) is 0 Å². The van der Waals surface area contributed by atoms with Gasteiger partial charge in [0.15, 0.2) is 12.2 Å². The highest BCUT2D eigenvalue weighted by Crippen LogP contribution is 2.23. The van der Waals surface area contributed by atoms with E-state index >= 15 is 0 Å². The Morgan fingerprint density at radius 2 is 1.83 bits per heavy atom. The molecule has 1 fully saturated rings. The summed E-state index contributed by atoms with van der Waals surface area (Å²) in [6.45, 7) is 6.28. The lowest BCUT2D eigenvalue weighted by molar-refractivity contribution is -0.144. The Hall–Kier alpha value is -2.36. The zero-order valence-electron chi connectivity index (χ0n) is 14.0. The fraction of sp³-hybridized carbons (Fsp3) is 0.714. The smallest absolute Gasteiger partial charge is 0.408 e. The second-order valence-electron chi connectivity index (χ2n) is 6.01. The van der Waals surface area contributed by atoms with Crippen molar-refractivity contribution in [3.8, 4) is 0 Å². The molecule has 0 saturated carbocycles. The highest BCUT2D eigenvalue weighted by Gasteiger charge is 2.51. The number of esters is 1. The molecule has 0 aromatic rings. The second kappa shape index (κ2) is 7.95. The molecule has 3 N–H and O–H groups in total. The number of aliphatic carboxylic acids is 1. The molecule has 2 unspecified atom stereocenters. The third-order valence-electron chi connectivity index (χ3n) is 2.74. The number of carboxylic acid groups (broad SMARTS) is 1. The molecular weight excluding hydrogens is 324 g/mol. The summed E-state index contributed by atoms with van der Waals surface area (Å²) < 4.78 is 14.5. The molecule has 1 aliphatic rings. The van der Waals surface area contributed by atoms with Gasteiger partial charge in [0.2, 0.25) is 0 Å². The average molecular weight is 346 g/mol. The van der Waals surface area contributed by atoms with E-state index in [1.807, 2.05) is 0 Å². The van der Waals surface area contributed by atoms with E-state index in [4.69, 9.17) is 19.3 Å². The summed E-state index contributed by atoms with van der Waals surface area (Å²) in [6, 6.07) is -1.39. The summed E-state index contributed by atoms with van der Waals surface area (Å²) in [6.07, 6.45) is -2.91. The lowest BCUT2D eigenvalue weighted by atomic mass is 10.2. The number of carbonyl (C=O) groups excluding carboxylic acids is 3. The first kappa shape index (κ1) is 19.7. The van der Waals surface area contributed by atoms with E-state index in [2.05, 4.69) is 10.6 Å². The SMILES string of the molecule is CCOC(=O)C1OC1C(=O)NC[C@H](NC(=O)OC(C)(C)C)C(=O)O. The predicted molar refractivity (Wildman–Crippen MR) is 79.1 cm³/mol. The second-order valence-corrected chi connectivity index (χ2v) is 6.01. The maximum atomic E-state index is 11.8. The van der Waals surface area contributed by atoms with E-state index < -0.39 is 47.8 Å². The van der Waals surface area contributed by atoms with Crippen LogP contribution in [0.1, 0.15) is 27.7 Å². The Labute approximate surface area is 138 Å². The van der Waals surface area contributed by atoms with Gasteiger partial charge in [-0.3, -0.25) is 4.79 Å². The van der Waals surface area contributed by atoms with E-state index in [-0.39, 0.29) is 13.2 Å². The molecule has 0 aromatic heterocycles. The van der Waals surface area contributed by atoms with Crippen LogP contribution in [0.3, 0.4) is 0 Å². The van der Waals surface area contributed by atoms with Crippen LogP contribution in [-0.2, 0) is 28.6 Å².